The van der Waals surface area contributed by atoms with Gasteiger partial charge >= 0.3 is 0 Å². The quantitative estimate of drug-likeness (QED) is 0.595. The summed E-state index contributed by atoms with van der Waals surface area (Å²) in [6.45, 7) is 2.47. The lowest BCUT2D eigenvalue weighted by Gasteiger charge is -2.34. The highest BCUT2D eigenvalue weighted by Gasteiger charge is 2.32. The van der Waals surface area contributed by atoms with E-state index in [0.29, 0.717) is 19.4 Å². The van der Waals surface area contributed by atoms with E-state index in [9.17, 15) is 9.90 Å². The Morgan fingerprint density at radius 1 is 1.82 bits per heavy atom. The number of aliphatic hydroxyl groups is 1. The van der Waals surface area contributed by atoms with E-state index in [4.69, 9.17) is 4.74 Å². The van der Waals surface area contributed by atoms with Gasteiger partial charge in [0.25, 0.3) is 0 Å². The van der Waals surface area contributed by atoms with Crippen LogP contribution in [0.4, 0.5) is 0 Å². The summed E-state index contributed by atoms with van der Waals surface area (Å²) in [4.78, 5) is 10.2. The summed E-state index contributed by atoms with van der Waals surface area (Å²) in [5.74, 6) is 0. The fourth-order valence-corrected chi connectivity index (χ4v) is 1.49. The zero-order valence-corrected chi connectivity index (χ0v) is 6.75. The van der Waals surface area contributed by atoms with Gasteiger partial charge in [0, 0.05) is 25.9 Å². The van der Waals surface area contributed by atoms with Gasteiger partial charge in [-0.1, -0.05) is 0 Å². The molecular weight excluding hydrogens is 144 g/mol. The molecule has 11 heavy (non-hydrogen) atoms. The van der Waals surface area contributed by atoms with E-state index < -0.39 is 5.60 Å². The molecule has 1 aliphatic rings. The van der Waals surface area contributed by atoms with Gasteiger partial charge in [-0.05, 0) is 6.92 Å². The van der Waals surface area contributed by atoms with Crippen LogP contribution in [0.2, 0.25) is 0 Å². The number of hydrogen-bond donors (Lipinski definition) is 1. The second-order valence-corrected chi connectivity index (χ2v) is 3.23. The van der Waals surface area contributed by atoms with Gasteiger partial charge in [-0.25, -0.2) is 0 Å². The highest BCUT2D eigenvalue weighted by Crippen LogP contribution is 2.26. The molecule has 3 heteroatoms. The predicted molar refractivity (Wildman–Crippen MR) is 40.3 cm³/mol. The molecule has 0 bridgehead atoms. The highest BCUT2D eigenvalue weighted by atomic mass is 16.5. The minimum atomic E-state index is -0.792. The van der Waals surface area contributed by atoms with Crippen molar-refractivity contribution in [1.29, 1.82) is 0 Å². The molecule has 1 saturated heterocycles. The summed E-state index contributed by atoms with van der Waals surface area (Å²) in [7, 11) is 0. The first-order valence-electron chi connectivity index (χ1n) is 3.94. The van der Waals surface area contributed by atoms with E-state index in [1.165, 1.54) is 0 Å². The first-order valence-corrected chi connectivity index (χ1v) is 3.94. The van der Waals surface area contributed by atoms with E-state index in [0.717, 1.165) is 6.29 Å². The molecule has 0 aliphatic carbocycles. The second kappa shape index (κ2) is 3.32. The maximum atomic E-state index is 10.2. The van der Waals surface area contributed by atoms with Crippen molar-refractivity contribution in [3.8, 4) is 0 Å². The Kier molecular flexibility index (Phi) is 2.62. The summed E-state index contributed by atoms with van der Waals surface area (Å²) < 4.78 is 5.24. The Balaban J connectivity index is 2.47. The van der Waals surface area contributed by atoms with Gasteiger partial charge in [-0.15, -0.1) is 0 Å². The van der Waals surface area contributed by atoms with Crippen molar-refractivity contribution in [2.24, 2.45) is 0 Å². The fourth-order valence-electron chi connectivity index (χ4n) is 1.49. The molecule has 2 unspecified atom stereocenters. The molecule has 0 saturated carbocycles. The minimum absolute atomic E-state index is 0.0775. The Hall–Kier alpha value is -0.410. The van der Waals surface area contributed by atoms with Crippen molar-refractivity contribution in [2.75, 3.05) is 6.61 Å². The number of aldehydes is 1. The molecule has 1 rings (SSSR count). The summed E-state index contributed by atoms with van der Waals surface area (Å²) in [5.41, 5.74) is -0.792. The summed E-state index contributed by atoms with van der Waals surface area (Å²) >= 11 is 0. The number of rotatable bonds is 2. The van der Waals surface area contributed by atoms with Crippen LogP contribution in [0.15, 0.2) is 0 Å². The Bertz CT molecular complexity index is 146. The Morgan fingerprint density at radius 3 is 3.09 bits per heavy atom. The zero-order chi connectivity index (χ0) is 8.32. The van der Waals surface area contributed by atoms with Crippen LogP contribution in [-0.2, 0) is 9.53 Å². The number of ether oxygens (including phenoxy) is 1. The number of hydrogen-bond acceptors (Lipinski definition) is 3. The zero-order valence-electron chi connectivity index (χ0n) is 6.75. The molecule has 0 radical (unpaired) electrons. The lowest BCUT2D eigenvalue weighted by Crippen LogP contribution is -2.39. The lowest BCUT2D eigenvalue weighted by atomic mass is 9.88. The molecule has 0 aromatic rings. The molecule has 1 fully saturated rings. The van der Waals surface area contributed by atoms with Crippen molar-refractivity contribution >= 4 is 6.29 Å². The fraction of sp³-hybridized carbons (Fsp3) is 0.875. The third-order valence-corrected chi connectivity index (χ3v) is 2.10. The van der Waals surface area contributed by atoms with Crippen LogP contribution in [0.3, 0.4) is 0 Å². The SMILES string of the molecule is CC1CC(O)(CC=O)CCO1. The van der Waals surface area contributed by atoms with Gasteiger partial charge < -0.3 is 14.6 Å². The standard InChI is InChI=1S/C8H14O3/c1-7-6-8(10,2-4-9)3-5-11-7/h4,7,10H,2-3,5-6H2,1H3. The molecule has 1 heterocycles. The molecule has 0 aromatic heterocycles. The van der Waals surface area contributed by atoms with E-state index in [-0.39, 0.29) is 12.5 Å². The van der Waals surface area contributed by atoms with Crippen molar-refractivity contribution in [2.45, 2.75) is 37.9 Å². The average Bonchev–Trinajstić information content (AvgIpc) is 1.86. The van der Waals surface area contributed by atoms with E-state index in [1.807, 2.05) is 6.92 Å². The maximum absolute atomic E-state index is 10.2. The second-order valence-electron chi connectivity index (χ2n) is 3.23. The topological polar surface area (TPSA) is 46.5 Å². The molecule has 1 aliphatic heterocycles. The van der Waals surface area contributed by atoms with Crippen LogP contribution in [0, 0.1) is 0 Å². The summed E-state index contributed by atoms with van der Waals surface area (Å²) in [5, 5.41) is 9.73. The molecule has 0 spiro atoms. The number of carbonyl (C=O) groups excluding carboxylic acids is 1. The monoisotopic (exact) mass is 158 g/mol. The molecular formula is C8H14O3. The van der Waals surface area contributed by atoms with E-state index >= 15 is 0 Å². The molecule has 1 N–H and O–H groups in total. The first-order chi connectivity index (χ1) is 5.16. The maximum Gasteiger partial charge on any atom is 0.122 e. The summed E-state index contributed by atoms with van der Waals surface area (Å²) in [6.07, 6.45) is 2.24. The molecule has 64 valence electrons. The molecule has 2 atom stereocenters. The first kappa shape index (κ1) is 8.68. The highest BCUT2D eigenvalue weighted by molar-refractivity contribution is 5.51. The van der Waals surface area contributed by atoms with Crippen molar-refractivity contribution < 1.29 is 14.6 Å². The molecule has 0 aromatic carbocycles. The van der Waals surface area contributed by atoms with Crippen LogP contribution < -0.4 is 0 Å². The third-order valence-electron chi connectivity index (χ3n) is 2.10. The van der Waals surface area contributed by atoms with Gasteiger partial charge in [-0.3, -0.25) is 0 Å². The Morgan fingerprint density at radius 2 is 2.55 bits per heavy atom. The van der Waals surface area contributed by atoms with Gasteiger partial charge in [0.1, 0.15) is 6.29 Å². The van der Waals surface area contributed by atoms with Gasteiger partial charge in [0.05, 0.1) is 11.7 Å². The largest absolute Gasteiger partial charge is 0.389 e. The van der Waals surface area contributed by atoms with Gasteiger partial charge in [0.2, 0.25) is 0 Å². The average molecular weight is 158 g/mol. The number of carbonyl (C=O) groups is 1. The molecule has 3 nitrogen and oxygen atoms in total. The normalized spacial score (nSPS) is 38.5. The van der Waals surface area contributed by atoms with Crippen LogP contribution in [0.25, 0.3) is 0 Å². The van der Waals surface area contributed by atoms with Crippen molar-refractivity contribution in [3.05, 3.63) is 0 Å². The van der Waals surface area contributed by atoms with Crippen molar-refractivity contribution in [1.82, 2.24) is 0 Å². The smallest absolute Gasteiger partial charge is 0.122 e. The summed E-state index contributed by atoms with van der Waals surface area (Å²) in [6, 6.07) is 0. The molecule has 0 amide bonds. The van der Waals surface area contributed by atoms with E-state index in [1.54, 1.807) is 0 Å². The van der Waals surface area contributed by atoms with Crippen LogP contribution in [0.1, 0.15) is 26.2 Å². The lowest BCUT2D eigenvalue weighted by molar-refractivity contribution is -0.123. The Labute approximate surface area is 66.4 Å². The van der Waals surface area contributed by atoms with E-state index in [2.05, 4.69) is 0 Å². The van der Waals surface area contributed by atoms with Crippen molar-refractivity contribution in [3.63, 3.8) is 0 Å². The van der Waals surface area contributed by atoms with Gasteiger partial charge in [0.15, 0.2) is 0 Å². The third kappa shape index (κ3) is 2.27. The van der Waals surface area contributed by atoms with Crippen LogP contribution in [0.5, 0.6) is 0 Å². The van der Waals surface area contributed by atoms with Gasteiger partial charge in [-0.2, -0.15) is 0 Å². The minimum Gasteiger partial charge on any atom is -0.389 e. The van der Waals surface area contributed by atoms with Crippen LogP contribution in [-0.4, -0.2) is 29.7 Å². The predicted octanol–water partition coefficient (Wildman–Crippen LogP) is 0.505. The van der Waals surface area contributed by atoms with Crippen LogP contribution >= 0.6 is 0 Å².